The lowest BCUT2D eigenvalue weighted by Gasteiger charge is -2.13. The first kappa shape index (κ1) is 18.6. The van der Waals surface area contributed by atoms with Gasteiger partial charge in [0.1, 0.15) is 6.54 Å². The number of nitrogens with zero attached hydrogens (tertiary/aromatic N) is 2. The van der Waals surface area contributed by atoms with Crippen LogP contribution in [0.2, 0.25) is 0 Å². The monoisotopic (exact) mass is 383 g/mol. The molecule has 0 radical (unpaired) electrons. The second-order valence-electron chi connectivity index (χ2n) is 6.81. The molecule has 4 rings (SSSR count). The quantitative estimate of drug-likeness (QED) is 0.560. The van der Waals surface area contributed by atoms with Crippen molar-refractivity contribution < 1.29 is 4.79 Å². The number of benzene rings is 3. The molecule has 5 nitrogen and oxygen atoms in total. The van der Waals surface area contributed by atoms with Gasteiger partial charge in [0.05, 0.1) is 11.2 Å². The first-order chi connectivity index (χ1) is 14.2. The SMILES string of the molecule is CCc1cccc(NC(=O)Cn2c(=O)nc(-c3ccccc3)c3ccccc32)c1. The molecule has 1 heterocycles. The van der Waals surface area contributed by atoms with E-state index in [1.807, 2.05) is 78.9 Å². The van der Waals surface area contributed by atoms with Gasteiger partial charge in [-0.05, 0) is 30.2 Å². The maximum atomic E-state index is 12.8. The van der Waals surface area contributed by atoms with Gasteiger partial charge in [-0.15, -0.1) is 0 Å². The van der Waals surface area contributed by atoms with E-state index in [4.69, 9.17) is 0 Å². The van der Waals surface area contributed by atoms with E-state index >= 15 is 0 Å². The van der Waals surface area contributed by atoms with Crippen LogP contribution in [0.4, 0.5) is 5.69 Å². The van der Waals surface area contributed by atoms with Crippen molar-refractivity contribution in [1.29, 1.82) is 0 Å². The van der Waals surface area contributed by atoms with Crippen molar-refractivity contribution in [2.45, 2.75) is 19.9 Å². The zero-order valence-electron chi connectivity index (χ0n) is 16.1. The molecule has 4 aromatic rings. The van der Waals surface area contributed by atoms with E-state index in [9.17, 15) is 9.59 Å². The van der Waals surface area contributed by atoms with Crippen molar-refractivity contribution in [2.75, 3.05) is 5.32 Å². The minimum absolute atomic E-state index is 0.0994. The molecule has 0 saturated carbocycles. The summed E-state index contributed by atoms with van der Waals surface area (Å²) >= 11 is 0. The van der Waals surface area contributed by atoms with Gasteiger partial charge in [-0.3, -0.25) is 9.36 Å². The predicted molar refractivity (Wildman–Crippen MR) is 116 cm³/mol. The topological polar surface area (TPSA) is 64.0 Å². The first-order valence-electron chi connectivity index (χ1n) is 9.59. The van der Waals surface area contributed by atoms with Crippen molar-refractivity contribution in [1.82, 2.24) is 9.55 Å². The number of hydrogen-bond acceptors (Lipinski definition) is 3. The maximum Gasteiger partial charge on any atom is 0.349 e. The Bertz CT molecular complexity index is 1230. The predicted octanol–water partition coefficient (Wildman–Crippen LogP) is 4.26. The summed E-state index contributed by atoms with van der Waals surface area (Å²) in [5.41, 5.74) is 3.59. The Morgan fingerprint density at radius 1 is 0.966 bits per heavy atom. The summed E-state index contributed by atoms with van der Waals surface area (Å²) in [5, 5.41) is 3.71. The lowest BCUT2D eigenvalue weighted by molar-refractivity contribution is -0.116. The zero-order chi connectivity index (χ0) is 20.2. The fraction of sp³-hybridized carbons (Fsp3) is 0.125. The van der Waals surface area contributed by atoms with Gasteiger partial charge in [0.25, 0.3) is 0 Å². The minimum atomic E-state index is -0.444. The summed E-state index contributed by atoms with van der Waals surface area (Å²) in [7, 11) is 0. The molecule has 0 unspecified atom stereocenters. The lowest BCUT2D eigenvalue weighted by atomic mass is 10.1. The number of amides is 1. The van der Waals surface area contributed by atoms with Crippen LogP contribution >= 0.6 is 0 Å². The molecular formula is C24H21N3O2. The van der Waals surface area contributed by atoms with Crippen LogP contribution in [0.25, 0.3) is 22.2 Å². The van der Waals surface area contributed by atoms with Gasteiger partial charge in [-0.25, -0.2) is 4.79 Å². The number of aromatic nitrogens is 2. The molecule has 1 amide bonds. The number of aryl methyl sites for hydroxylation is 1. The molecule has 1 N–H and O–H groups in total. The van der Waals surface area contributed by atoms with Crippen molar-refractivity contribution >= 4 is 22.5 Å². The summed E-state index contributed by atoms with van der Waals surface area (Å²) in [6.07, 6.45) is 0.888. The van der Waals surface area contributed by atoms with E-state index in [0.29, 0.717) is 11.2 Å². The Balaban J connectivity index is 1.70. The Labute approximate surface area is 168 Å². The van der Waals surface area contributed by atoms with E-state index in [1.165, 1.54) is 4.57 Å². The summed E-state index contributed by atoms with van der Waals surface area (Å²) in [5.74, 6) is -0.264. The van der Waals surface area contributed by atoms with Crippen LogP contribution < -0.4 is 11.0 Å². The molecule has 5 heteroatoms. The number of hydrogen-bond donors (Lipinski definition) is 1. The van der Waals surface area contributed by atoms with Crippen LogP contribution in [0, 0.1) is 0 Å². The molecule has 0 aliphatic heterocycles. The fourth-order valence-electron chi connectivity index (χ4n) is 3.41. The average molecular weight is 383 g/mol. The molecule has 0 aliphatic carbocycles. The van der Waals surface area contributed by atoms with Crippen molar-refractivity contribution in [3.63, 3.8) is 0 Å². The Morgan fingerprint density at radius 3 is 2.52 bits per heavy atom. The van der Waals surface area contributed by atoms with E-state index in [-0.39, 0.29) is 12.5 Å². The van der Waals surface area contributed by atoms with E-state index in [1.54, 1.807) is 0 Å². The number of anilines is 1. The van der Waals surface area contributed by atoms with Crippen LogP contribution in [-0.2, 0) is 17.8 Å². The number of para-hydroxylation sites is 1. The summed E-state index contributed by atoms with van der Waals surface area (Å²) in [4.78, 5) is 29.7. The molecule has 0 atom stereocenters. The standard InChI is InChI=1S/C24H21N3O2/c1-2-17-9-8-12-19(15-17)25-22(28)16-27-21-14-7-6-13-20(21)23(26-24(27)29)18-10-4-3-5-11-18/h3-15H,2,16H2,1H3,(H,25,28). The van der Waals surface area contributed by atoms with Crippen LogP contribution in [0.5, 0.6) is 0 Å². The first-order valence-corrected chi connectivity index (χ1v) is 9.59. The van der Waals surface area contributed by atoms with Gasteiger partial charge in [0.2, 0.25) is 5.91 Å². The van der Waals surface area contributed by atoms with Gasteiger partial charge in [-0.2, -0.15) is 4.98 Å². The van der Waals surface area contributed by atoms with Crippen molar-refractivity contribution in [3.05, 3.63) is 94.9 Å². The molecule has 0 aliphatic rings. The molecular weight excluding hydrogens is 362 g/mol. The van der Waals surface area contributed by atoms with Gasteiger partial charge in [-0.1, -0.05) is 67.6 Å². The number of nitrogens with one attached hydrogen (secondary N) is 1. The number of rotatable bonds is 5. The molecule has 144 valence electrons. The summed E-state index contributed by atoms with van der Waals surface area (Å²) < 4.78 is 1.42. The third-order valence-electron chi connectivity index (χ3n) is 4.86. The number of carbonyl (C=O) groups excluding carboxylic acids is 1. The Kier molecular flexibility index (Phi) is 5.20. The second-order valence-corrected chi connectivity index (χ2v) is 6.81. The zero-order valence-corrected chi connectivity index (χ0v) is 16.1. The molecule has 0 fully saturated rings. The van der Waals surface area contributed by atoms with Gasteiger partial charge < -0.3 is 5.32 Å². The van der Waals surface area contributed by atoms with E-state index in [2.05, 4.69) is 17.2 Å². The Hall–Kier alpha value is -3.73. The molecule has 1 aromatic heterocycles. The van der Waals surface area contributed by atoms with Crippen LogP contribution in [0.15, 0.2) is 83.7 Å². The van der Waals surface area contributed by atoms with Crippen LogP contribution in [0.1, 0.15) is 12.5 Å². The molecule has 0 bridgehead atoms. The van der Waals surface area contributed by atoms with Crippen molar-refractivity contribution in [2.24, 2.45) is 0 Å². The highest BCUT2D eigenvalue weighted by atomic mass is 16.2. The third-order valence-corrected chi connectivity index (χ3v) is 4.86. The molecule has 29 heavy (non-hydrogen) atoms. The smallest absolute Gasteiger partial charge is 0.325 e. The fourth-order valence-corrected chi connectivity index (χ4v) is 3.41. The largest absolute Gasteiger partial charge is 0.349 e. The van der Waals surface area contributed by atoms with Gasteiger partial charge in [0.15, 0.2) is 0 Å². The van der Waals surface area contributed by atoms with E-state index < -0.39 is 5.69 Å². The highest BCUT2D eigenvalue weighted by Crippen LogP contribution is 2.25. The second kappa shape index (κ2) is 8.10. The maximum absolute atomic E-state index is 12.8. The lowest BCUT2D eigenvalue weighted by Crippen LogP contribution is -2.30. The van der Waals surface area contributed by atoms with Gasteiger partial charge in [0, 0.05) is 16.6 Å². The number of fused-ring (bicyclic) bond motifs is 1. The van der Waals surface area contributed by atoms with Gasteiger partial charge >= 0.3 is 5.69 Å². The average Bonchev–Trinajstić information content (AvgIpc) is 2.76. The Morgan fingerprint density at radius 2 is 1.72 bits per heavy atom. The van der Waals surface area contributed by atoms with Crippen molar-refractivity contribution in [3.8, 4) is 11.3 Å². The highest BCUT2D eigenvalue weighted by Gasteiger charge is 2.14. The molecule has 3 aromatic carbocycles. The summed E-state index contributed by atoms with van der Waals surface area (Å²) in [6.45, 7) is 1.96. The molecule has 0 saturated heterocycles. The van der Waals surface area contributed by atoms with Crippen LogP contribution in [0.3, 0.4) is 0 Å². The minimum Gasteiger partial charge on any atom is -0.325 e. The van der Waals surface area contributed by atoms with Crippen LogP contribution in [-0.4, -0.2) is 15.5 Å². The third kappa shape index (κ3) is 3.94. The molecule has 0 spiro atoms. The summed E-state index contributed by atoms with van der Waals surface area (Å²) in [6, 6.07) is 24.8. The van der Waals surface area contributed by atoms with E-state index in [0.717, 1.165) is 28.6 Å². The number of carbonyl (C=O) groups is 1. The highest BCUT2D eigenvalue weighted by molar-refractivity contribution is 5.95. The normalized spacial score (nSPS) is 10.8.